The van der Waals surface area contributed by atoms with Gasteiger partial charge in [0, 0.05) is 31.7 Å². The molecule has 2 aromatic rings. The number of nitrogens with zero attached hydrogens (tertiary/aromatic N) is 1. The zero-order chi connectivity index (χ0) is 16.0. The zero-order valence-corrected chi connectivity index (χ0v) is 13.3. The van der Waals surface area contributed by atoms with Crippen LogP contribution in [0.4, 0.5) is 0 Å². The predicted molar refractivity (Wildman–Crippen MR) is 91.0 cm³/mol. The first-order valence-electron chi connectivity index (χ1n) is 8.15. The van der Waals surface area contributed by atoms with Crippen LogP contribution in [0.3, 0.4) is 0 Å². The van der Waals surface area contributed by atoms with Gasteiger partial charge in [0.1, 0.15) is 0 Å². The molecule has 1 heterocycles. The van der Waals surface area contributed by atoms with Gasteiger partial charge in [0.05, 0.1) is 11.6 Å². The van der Waals surface area contributed by atoms with Crippen LogP contribution in [-0.2, 0) is 16.7 Å². The molecule has 0 aliphatic carbocycles. The first kappa shape index (κ1) is 15.7. The molecule has 0 unspecified atom stereocenters. The van der Waals surface area contributed by atoms with E-state index in [9.17, 15) is 0 Å². The summed E-state index contributed by atoms with van der Waals surface area (Å²) in [5.41, 5.74) is 3.40. The van der Waals surface area contributed by atoms with Crippen LogP contribution in [-0.4, -0.2) is 19.8 Å². The standard InChI is InChI=1S/C20H22N2O/c21-14-17-5-4-6-18(13-17)15-22-16-20(9-11-23-12-10-20)19-7-2-1-3-8-19/h1-8,13,22H,9-12,15-16H2. The van der Waals surface area contributed by atoms with Crippen molar-refractivity contribution in [3.63, 3.8) is 0 Å². The maximum atomic E-state index is 9.00. The van der Waals surface area contributed by atoms with Gasteiger partial charge >= 0.3 is 0 Å². The highest BCUT2D eigenvalue weighted by Crippen LogP contribution is 2.34. The van der Waals surface area contributed by atoms with E-state index >= 15 is 0 Å². The second kappa shape index (κ2) is 7.41. The number of benzene rings is 2. The number of nitrogens with one attached hydrogen (secondary N) is 1. The smallest absolute Gasteiger partial charge is 0.0991 e. The van der Waals surface area contributed by atoms with Crippen molar-refractivity contribution in [3.05, 3.63) is 71.3 Å². The molecule has 0 atom stereocenters. The molecule has 3 rings (SSSR count). The highest BCUT2D eigenvalue weighted by Gasteiger charge is 2.33. The second-order valence-electron chi connectivity index (χ2n) is 6.17. The van der Waals surface area contributed by atoms with Crippen molar-refractivity contribution < 1.29 is 4.74 Å². The van der Waals surface area contributed by atoms with E-state index < -0.39 is 0 Å². The van der Waals surface area contributed by atoms with Crippen LogP contribution < -0.4 is 5.32 Å². The van der Waals surface area contributed by atoms with E-state index in [0.29, 0.717) is 5.56 Å². The lowest BCUT2D eigenvalue weighted by Gasteiger charge is -2.38. The van der Waals surface area contributed by atoms with Gasteiger partial charge < -0.3 is 10.1 Å². The molecule has 0 amide bonds. The third kappa shape index (κ3) is 3.79. The highest BCUT2D eigenvalue weighted by molar-refractivity contribution is 5.33. The van der Waals surface area contributed by atoms with E-state index in [-0.39, 0.29) is 5.41 Å². The van der Waals surface area contributed by atoms with Crippen LogP contribution in [0, 0.1) is 11.3 Å². The Balaban J connectivity index is 1.69. The average Bonchev–Trinajstić information content (AvgIpc) is 2.63. The molecule has 2 aromatic carbocycles. The summed E-state index contributed by atoms with van der Waals surface area (Å²) >= 11 is 0. The Bertz CT molecular complexity index is 670. The molecule has 3 nitrogen and oxygen atoms in total. The van der Waals surface area contributed by atoms with Crippen molar-refractivity contribution in [2.75, 3.05) is 19.8 Å². The fourth-order valence-electron chi connectivity index (χ4n) is 3.32. The van der Waals surface area contributed by atoms with Gasteiger partial charge in [-0.2, -0.15) is 5.26 Å². The first-order chi connectivity index (χ1) is 11.3. The average molecular weight is 306 g/mol. The Morgan fingerprint density at radius 2 is 1.83 bits per heavy atom. The lowest BCUT2D eigenvalue weighted by atomic mass is 9.74. The van der Waals surface area contributed by atoms with Crippen LogP contribution in [0.25, 0.3) is 0 Å². The Morgan fingerprint density at radius 3 is 2.57 bits per heavy atom. The molecule has 0 bridgehead atoms. The Morgan fingerprint density at radius 1 is 1.04 bits per heavy atom. The summed E-state index contributed by atoms with van der Waals surface area (Å²) in [6.07, 6.45) is 2.09. The minimum absolute atomic E-state index is 0.145. The van der Waals surface area contributed by atoms with Crippen LogP contribution in [0.2, 0.25) is 0 Å². The van der Waals surface area contributed by atoms with Gasteiger partial charge in [0.25, 0.3) is 0 Å². The quantitative estimate of drug-likeness (QED) is 0.921. The molecule has 1 N–H and O–H groups in total. The number of ether oxygens (including phenoxy) is 1. The summed E-state index contributed by atoms with van der Waals surface area (Å²) in [5.74, 6) is 0. The van der Waals surface area contributed by atoms with E-state index in [1.54, 1.807) is 0 Å². The largest absolute Gasteiger partial charge is 0.381 e. The molecular weight excluding hydrogens is 284 g/mol. The van der Waals surface area contributed by atoms with Gasteiger partial charge in [0.15, 0.2) is 0 Å². The van der Waals surface area contributed by atoms with Crippen molar-refractivity contribution >= 4 is 0 Å². The topological polar surface area (TPSA) is 45.0 Å². The maximum absolute atomic E-state index is 9.00. The second-order valence-corrected chi connectivity index (χ2v) is 6.17. The van der Waals surface area contributed by atoms with Gasteiger partial charge in [0.2, 0.25) is 0 Å². The van der Waals surface area contributed by atoms with Crippen molar-refractivity contribution in [2.24, 2.45) is 0 Å². The van der Waals surface area contributed by atoms with Crippen molar-refractivity contribution in [1.29, 1.82) is 5.26 Å². The van der Waals surface area contributed by atoms with Gasteiger partial charge in [-0.05, 0) is 36.1 Å². The maximum Gasteiger partial charge on any atom is 0.0991 e. The molecule has 23 heavy (non-hydrogen) atoms. The summed E-state index contributed by atoms with van der Waals surface area (Å²) in [6.45, 7) is 3.35. The van der Waals surface area contributed by atoms with E-state index in [0.717, 1.165) is 44.7 Å². The summed E-state index contributed by atoms with van der Waals surface area (Å²) in [7, 11) is 0. The number of hydrogen-bond donors (Lipinski definition) is 1. The molecule has 0 radical (unpaired) electrons. The van der Waals surface area contributed by atoms with Gasteiger partial charge in [-0.15, -0.1) is 0 Å². The molecule has 0 spiro atoms. The van der Waals surface area contributed by atoms with Crippen LogP contribution >= 0.6 is 0 Å². The molecule has 3 heteroatoms. The van der Waals surface area contributed by atoms with Crippen molar-refractivity contribution in [2.45, 2.75) is 24.8 Å². The summed E-state index contributed by atoms with van der Waals surface area (Å²) < 4.78 is 5.58. The van der Waals surface area contributed by atoms with Crippen LogP contribution in [0.15, 0.2) is 54.6 Å². The molecule has 1 aliphatic heterocycles. The van der Waals surface area contributed by atoms with E-state index in [1.165, 1.54) is 5.56 Å². The van der Waals surface area contributed by atoms with Crippen molar-refractivity contribution in [1.82, 2.24) is 5.32 Å². The normalized spacial score (nSPS) is 16.7. The third-order valence-corrected chi connectivity index (χ3v) is 4.68. The number of rotatable bonds is 5. The Labute approximate surface area is 137 Å². The molecular formula is C20H22N2O. The van der Waals surface area contributed by atoms with E-state index in [2.05, 4.69) is 47.8 Å². The summed E-state index contributed by atoms with van der Waals surface area (Å²) in [5, 5.41) is 12.6. The van der Waals surface area contributed by atoms with Gasteiger partial charge in [-0.25, -0.2) is 0 Å². The minimum atomic E-state index is 0.145. The Kier molecular flexibility index (Phi) is 5.07. The molecule has 0 saturated carbocycles. The SMILES string of the molecule is N#Cc1cccc(CNCC2(c3ccccc3)CCOCC2)c1. The summed E-state index contributed by atoms with van der Waals surface area (Å²) in [4.78, 5) is 0. The first-order valence-corrected chi connectivity index (χ1v) is 8.15. The molecule has 0 aromatic heterocycles. The summed E-state index contributed by atoms with van der Waals surface area (Å²) in [6, 6.07) is 20.7. The lowest BCUT2D eigenvalue weighted by Crippen LogP contribution is -2.42. The van der Waals surface area contributed by atoms with E-state index in [1.807, 2.05) is 18.2 Å². The van der Waals surface area contributed by atoms with E-state index in [4.69, 9.17) is 10.00 Å². The molecule has 1 saturated heterocycles. The molecule has 118 valence electrons. The monoisotopic (exact) mass is 306 g/mol. The minimum Gasteiger partial charge on any atom is -0.381 e. The van der Waals surface area contributed by atoms with Crippen LogP contribution in [0.1, 0.15) is 29.5 Å². The number of hydrogen-bond acceptors (Lipinski definition) is 3. The van der Waals surface area contributed by atoms with Crippen molar-refractivity contribution in [3.8, 4) is 6.07 Å². The zero-order valence-electron chi connectivity index (χ0n) is 13.3. The third-order valence-electron chi connectivity index (χ3n) is 4.68. The molecule has 1 fully saturated rings. The lowest BCUT2D eigenvalue weighted by molar-refractivity contribution is 0.0498. The van der Waals surface area contributed by atoms with Gasteiger partial charge in [-0.1, -0.05) is 42.5 Å². The van der Waals surface area contributed by atoms with Crippen LogP contribution in [0.5, 0.6) is 0 Å². The molecule has 1 aliphatic rings. The fraction of sp³-hybridized carbons (Fsp3) is 0.350. The highest BCUT2D eigenvalue weighted by atomic mass is 16.5. The predicted octanol–water partition coefficient (Wildman–Crippen LogP) is 3.40. The van der Waals surface area contributed by atoms with Gasteiger partial charge in [-0.3, -0.25) is 0 Å². The Hall–Kier alpha value is -2.15. The fourth-order valence-corrected chi connectivity index (χ4v) is 3.32. The number of nitriles is 1.